The van der Waals surface area contributed by atoms with Gasteiger partial charge in [-0.1, -0.05) is 12.1 Å². The van der Waals surface area contributed by atoms with Gasteiger partial charge in [-0.15, -0.1) is 0 Å². The van der Waals surface area contributed by atoms with Crippen molar-refractivity contribution in [3.63, 3.8) is 0 Å². The van der Waals surface area contributed by atoms with Crippen LogP contribution in [0.15, 0.2) is 24.3 Å². The van der Waals surface area contributed by atoms with Crippen LogP contribution in [0.4, 0.5) is 4.39 Å². The van der Waals surface area contributed by atoms with Gasteiger partial charge in [-0.25, -0.2) is 9.18 Å². The van der Waals surface area contributed by atoms with Crippen LogP contribution in [0.3, 0.4) is 0 Å². The van der Waals surface area contributed by atoms with E-state index in [1.165, 1.54) is 18.2 Å². The maximum Gasteiger partial charge on any atom is 1.00 e. The van der Waals surface area contributed by atoms with Crippen molar-refractivity contribution in [3.8, 4) is 0 Å². The van der Waals surface area contributed by atoms with Crippen LogP contribution in [-0.4, -0.2) is 17.7 Å². The molecule has 1 unspecified atom stereocenters. The van der Waals surface area contributed by atoms with Crippen molar-refractivity contribution in [1.82, 2.24) is 0 Å². The number of hydrogen-bond acceptors (Lipinski definition) is 2. The first kappa shape index (κ1) is 12.3. The Morgan fingerprint density at radius 1 is 1.64 bits per heavy atom. The number of carbonyl (C=O) groups is 1. The fourth-order valence-electron chi connectivity index (χ4n) is 1.23. The standard InChI is InChI=1S/C9H7FO3.K.H/c10-7-3-1-2-6(4-7)9(5-13-9)8(11)12;;/h1-4H,5H2,(H,11,12);;/q;+1;-1. The summed E-state index contributed by atoms with van der Waals surface area (Å²) in [5.41, 5.74) is -0.928. The first-order valence-electron chi connectivity index (χ1n) is 3.78. The van der Waals surface area contributed by atoms with E-state index in [1.807, 2.05) is 0 Å². The van der Waals surface area contributed by atoms with E-state index in [4.69, 9.17) is 9.84 Å². The molecule has 70 valence electrons. The van der Waals surface area contributed by atoms with Gasteiger partial charge in [-0.2, -0.15) is 0 Å². The van der Waals surface area contributed by atoms with Crippen LogP contribution in [0.5, 0.6) is 0 Å². The number of benzene rings is 1. The summed E-state index contributed by atoms with van der Waals surface area (Å²) in [6.45, 7) is 0.117. The zero-order valence-corrected chi connectivity index (χ0v) is 10.8. The molecule has 1 aliphatic heterocycles. The van der Waals surface area contributed by atoms with Crippen LogP contribution in [0.25, 0.3) is 0 Å². The van der Waals surface area contributed by atoms with Crippen LogP contribution < -0.4 is 51.4 Å². The molecule has 3 nitrogen and oxygen atoms in total. The molecule has 14 heavy (non-hydrogen) atoms. The molecule has 0 saturated carbocycles. The molecule has 0 amide bonds. The third-order valence-electron chi connectivity index (χ3n) is 2.07. The van der Waals surface area contributed by atoms with Crippen molar-refractivity contribution in [2.24, 2.45) is 0 Å². The van der Waals surface area contributed by atoms with Gasteiger partial charge in [0.05, 0.1) is 6.61 Å². The summed E-state index contributed by atoms with van der Waals surface area (Å²) in [6.07, 6.45) is 0. The fourth-order valence-corrected chi connectivity index (χ4v) is 1.23. The van der Waals surface area contributed by atoms with Gasteiger partial charge in [0, 0.05) is 5.56 Å². The van der Waals surface area contributed by atoms with E-state index in [9.17, 15) is 9.18 Å². The molecule has 1 N–H and O–H groups in total. The van der Waals surface area contributed by atoms with E-state index in [0.29, 0.717) is 5.56 Å². The SMILES string of the molecule is O=C(O)C1(c2cccc(F)c2)CO1.[H-].[K+]. The smallest absolute Gasteiger partial charge is 1.00 e. The molecule has 1 aromatic carbocycles. The van der Waals surface area contributed by atoms with E-state index in [-0.39, 0.29) is 59.4 Å². The number of carboxylic acids is 1. The van der Waals surface area contributed by atoms with Gasteiger partial charge >= 0.3 is 57.4 Å². The van der Waals surface area contributed by atoms with Gasteiger partial charge in [-0.05, 0) is 12.1 Å². The van der Waals surface area contributed by atoms with E-state index in [0.717, 1.165) is 0 Å². The van der Waals surface area contributed by atoms with Crippen LogP contribution in [-0.2, 0) is 15.1 Å². The normalized spacial score (nSPS) is 23.8. The minimum Gasteiger partial charge on any atom is -1.00 e. The maximum absolute atomic E-state index is 12.7. The predicted molar refractivity (Wildman–Crippen MR) is 42.8 cm³/mol. The first-order valence-corrected chi connectivity index (χ1v) is 3.78. The van der Waals surface area contributed by atoms with Gasteiger partial charge in [-0.3, -0.25) is 0 Å². The molecule has 1 fully saturated rings. The van der Waals surface area contributed by atoms with Gasteiger partial charge in [0.15, 0.2) is 0 Å². The average Bonchev–Trinajstić information content (AvgIpc) is 2.83. The van der Waals surface area contributed by atoms with E-state index in [2.05, 4.69) is 0 Å². The molecule has 1 saturated heterocycles. The average molecular weight is 222 g/mol. The molecule has 0 aromatic heterocycles. The Labute approximate surface area is 124 Å². The molecule has 5 heteroatoms. The Bertz CT molecular complexity index is 368. The summed E-state index contributed by atoms with van der Waals surface area (Å²) in [5.74, 6) is -1.52. The monoisotopic (exact) mass is 222 g/mol. The number of ether oxygens (including phenoxy) is 1. The van der Waals surface area contributed by atoms with Crippen molar-refractivity contribution in [1.29, 1.82) is 0 Å². The maximum atomic E-state index is 12.7. The molecular formula is C9H8FKO3. The van der Waals surface area contributed by atoms with Crippen molar-refractivity contribution in [3.05, 3.63) is 35.6 Å². The summed E-state index contributed by atoms with van der Waals surface area (Å²) >= 11 is 0. The second kappa shape index (κ2) is 4.38. The zero-order chi connectivity index (χ0) is 9.47. The molecule has 0 radical (unpaired) electrons. The number of halogens is 1. The van der Waals surface area contributed by atoms with Gasteiger partial charge in [0.1, 0.15) is 5.82 Å². The van der Waals surface area contributed by atoms with Crippen molar-refractivity contribution in [2.75, 3.05) is 6.61 Å². The summed E-state index contributed by atoms with van der Waals surface area (Å²) < 4.78 is 17.6. The van der Waals surface area contributed by atoms with Gasteiger partial charge in [0.25, 0.3) is 0 Å². The third kappa shape index (κ3) is 2.07. The van der Waals surface area contributed by atoms with Crippen molar-refractivity contribution >= 4 is 5.97 Å². The van der Waals surface area contributed by atoms with Crippen LogP contribution in [0, 0.1) is 5.82 Å². The van der Waals surface area contributed by atoms with E-state index < -0.39 is 17.4 Å². The Morgan fingerprint density at radius 2 is 2.29 bits per heavy atom. The Morgan fingerprint density at radius 3 is 2.71 bits per heavy atom. The Kier molecular flexibility index (Phi) is 3.85. The largest absolute Gasteiger partial charge is 1.00 e. The van der Waals surface area contributed by atoms with Gasteiger partial charge in [0.2, 0.25) is 5.60 Å². The Balaban J connectivity index is 0.000000980. The molecule has 2 rings (SSSR count). The minimum absolute atomic E-state index is 0. The van der Waals surface area contributed by atoms with Crippen LogP contribution in [0.1, 0.15) is 6.99 Å². The molecule has 1 heterocycles. The Hall–Kier alpha value is 0.216. The van der Waals surface area contributed by atoms with Crippen molar-refractivity contribution < 1.29 is 71.8 Å². The molecule has 1 aromatic rings. The number of aliphatic carboxylic acids is 1. The van der Waals surface area contributed by atoms with E-state index in [1.54, 1.807) is 6.07 Å². The zero-order valence-electron chi connectivity index (χ0n) is 8.66. The summed E-state index contributed by atoms with van der Waals surface area (Å²) in [4.78, 5) is 10.7. The third-order valence-corrected chi connectivity index (χ3v) is 2.07. The number of hydrogen-bond donors (Lipinski definition) is 1. The van der Waals surface area contributed by atoms with Crippen molar-refractivity contribution in [2.45, 2.75) is 5.60 Å². The molecular weight excluding hydrogens is 214 g/mol. The quantitative estimate of drug-likeness (QED) is 0.477. The fraction of sp³-hybridized carbons (Fsp3) is 0.222. The molecule has 1 atom stereocenters. The number of rotatable bonds is 2. The molecule has 1 aliphatic rings. The number of carboxylic acid groups (broad SMARTS) is 1. The molecule has 0 spiro atoms. The van der Waals surface area contributed by atoms with Crippen LogP contribution in [0.2, 0.25) is 0 Å². The molecule has 0 aliphatic carbocycles. The summed E-state index contributed by atoms with van der Waals surface area (Å²) in [5, 5.41) is 8.80. The summed E-state index contributed by atoms with van der Waals surface area (Å²) in [7, 11) is 0. The van der Waals surface area contributed by atoms with Gasteiger partial charge < -0.3 is 11.3 Å². The minimum atomic E-state index is -1.29. The second-order valence-electron chi connectivity index (χ2n) is 2.93. The number of epoxide rings is 1. The molecule has 0 bridgehead atoms. The second-order valence-corrected chi connectivity index (χ2v) is 2.93. The predicted octanol–water partition coefficient (Wildman–Crippen LogP) is -1.75. The first-order chi connectivity index (χ1) is 6.15. The summed E-state index contributed by atoms with van der Waals surface area (Å²) in [6, 6.07) is 5.46. The van der Waals surface area contributed by atoms with E-state index >= 15 is 0 Å². The van der Waals surface area contributed by atoms with Crippen LogP contribution >= 0.6 is 0 Å². The topological polar surface area (TPSA) is 49.8 Å².